The molecule has 0 aliphatic heterocycles. The molecule has 0 spiro atoms. The molecule has 0 radical (unpaired) electrons. The van der Waals surface area contributed by atoms with Crippen LogP contribution in [-0.4, -0.2) is 31.4 Å². The summed E-state index contributed by atoms with van der Waals surface area (Å²) in [6, 6.07) is 4.01. The van der Waals surface area contributed by atoms with Gasteiger partial charge in [-0.25, -0.2) is 9.97 Å². The molecule has 6 heteroatoms. The number of carbonyl (C=O) groups is 1. The molecule has 1 fully saturated rings. The van der Waals surface area contributed by atoms with Gasteiger partial charge < -0.3 is 14.3 Å². The van der Waals surface area contributed by atoms with Crippen LogP contribution in [0, 0.1) is 19.3 Å². The molecule has 25 heavy (non-hydrogen) atoms. The molecule has 0 aromatic carbocycles. The predicted molar refractivity (Wildman–Crippen MR) is 95.3 cm³/mol. The Kier molecular flexibility index (Phi) is 3.82. The monoisotopic (exact) mass is 337 g/mol. The van der Waals surface area contributed by atoms with E-state index in [0.717, 1.165) is 48.7 Å². The molecular formula is C19H23N5O. The van der Waals surface area contributed by atoms with Crippen LogP contribution in [-0.2, 0) is 17.8 Å². The van der Waals surface area contributed by atoms with Crippen molar-refractivity contribution in [1.29, 1.82) is 0 Å². The first-order valence-electron chi connectivity index (χ1n) is 8.72. The third kappa shape index (κ3) is 3.16. The van der Waals surface area contributed by atoms with E-state index >= 15 is 0 Å². The van der Waals surface area contributed by atoms with Crippen LogP contribution < -0.4 is 5.32 Å². The number of hydrogen-bond acceptors (Lipinski definition) is 3. The molecule has 1 amide bonds. The summed E-state index contributed by atoms with van der Waals surface area (Å²) in [7, 11) is 0. The Morgan fingerprint density at radius 2 is 2.12 bits per heavy atom. The predicted octanol–water partition coefficient (Wildman–Crippen LogP) is 2.29. The van der Waals surface area contributed by atoms with E-state index in [1.807, 2.05) is 49.0 Å². The van der Waals surface area contributed by atoms with E-state index in [1.165, 1.54) is 0 Å². The third-order valence-corrected chi connectivity index (χ3v) is 5.20. The van der Waals surface area contributed by atoms with Gasteiger partial charge in [0.2, 0.25) is 5.91 Å². The van der Waals surface area contributed by atoms with Gasteiger partial charge in [-0.05, 0) is 38.3 Å². The Labute approximate surface area is 146 Å². The normalized spacial score (nSPS) is 15.4. The standard InChI is InChI=1S/C19H23N5O/c1-14-4-3-8-24-16(11-21-18(14)24)10-17(25)22-12-19(5-6-19)13-23-9-7-20-15(23)2/h3-4,7-9,11H,5-6,10,12-13H2,1-2H3,(H,22,25). The second-order valence-corrected chi connectivity index (χ2v) is 7.19. The molecule has 130 valence electrons. The van der Waals surface area contributed by atoms with Crippen LogP contribution in [0.3, 0.4) is 0 Å². The molecule has 1 aliphatic rings. The molecule has 0 saturated heterocycles. The lowest BCUT2D eigenvalue weighted by Crippen LogP contribution is -2.33. The smallest absolute Gasteiger partial charge is 0.226 e. The number of hydrogen-bond donors (Lipinski definition) is 1. The first kappa shape index (κ1) is 15.9. The van der Waals surface area contributed by atoms with E-state index in [9.17, 15) is 4.79 Å². The van der Waals surface area contributed by atoms with Crippen LogP contribution in [0.4, 0.5) is 0 Å². The summed E-state index contributed by atoms with van der Waals surface area (Å²) in [5.41, 5.74) is 3.14. The molecule has 0 atom stereocenters. The van der Waals surface area contributed by atoms with Gasteiger partial charge in [-0.15, -0.1) is 0 Å². The summed E-state index contributed by atoms with van der Waals surface area (Å²) in [4.78, 5) is 21.1. The van der Waals surface area contributed by atoms with E-state index in [0.29, 0.717) is 6.42 Å². The van der Waals surface area contributed by atoms with E-state index in [-0.39, 0.29) is 11.3 Å². The number of aryl methyl sites for hydroxylation is 2. The number of carbonyl (C=O) groups excluding carboxylic acids is 1. The quantitative estimate of drug-likeness (QED) is 0.750. The van der Waals surface area contributed by atoms with Gasteiger partial charge in [0.25, 0.3) is 0 Å². The van der Waals surface area contributed by atoms with Gasteiger partial charge in [0.1, 0.15) is 11.5 Å². The molecule has 0 unspecified atom stereocenters. The second-order valence-electron chi connectivity index (χ2n) is 7.19. The van der Waals surface area contributed by atoms with Gasteiger partial charge >= 0.3 is 0 Å². The zero-order valence-electron chi connectivity index (χ0n) is 14.7. The molecule has 6 nitrogen and oxygen atoms in total. The minimum absolute atomic E-state index is 0.0527. The largest absolute Gasteiger partial charge is 0.355 e. The minimum Gasteiger partial charge on any atom is -0.355 e. The van der Waals surface area contributed by atoms with Gasteiger partial charge in [-0.1, -0.05) is 6.07 Å². The van der Waals surface area contributed by atoms with Crippen LogP contribution >= 0.6 is 0 Å². The van der Waals surface area contributed by atoms with Gasteiger partial charge in [-0.2, -0.15) is 0 Å². The Hall–Kier alpha value is -2.63. The van der Waals surface area contributed by atoms with Crippen molar-refractivity contribution in [1.82, 2.24) is 24.3 Å². The average Bonchev–Trinajstić information content (AvgIpc) is 3.06. The average molecular weight is 337 g/mol. The fraction of sp³-hybridized carbons (Fsp3) is 0.421. The van der Waals surface area contributed by atoms with Crippen molar-refractivity contribution < 1.29 is 4.79 Å². The molecular weight excluding hydrogens is 314 g/mol. The Bertz CT molecular complexity index is 919. The highest BCUT2D eigenvalue weighted by atomic mass is 16.1. The summed E-state index contributed by atoms with van der Waals surface area (Å²) in [6.45, 7) is 5.69. The fourth-order valence-corrected chi connectivity index (χ4v) is 3.35. The topological polar surface area (TPSA) is 64.2 Å². The second kappa shape index (κ2) is 6.02. The summed E-state index contributed by atoms with van der Waals surface area (Å²) < 4.78 is 4.17. The lowest BCUT2D eigenvalue weighted by atomic mass is 10.1. The first-order valence-corrected chi connectivity index (χ1v) is 8.72. The first-order chi connectivity index (χ1) is 12.1. The van der Waals surface area contributed by atoms with Crippen molar-refractivity contribution in [2.45, 2.75) is 39.7 Å². The lowest BCUT2D eigenvalue weighted by molar-refractivity contribution is -0.120. The van der Waals surface area contributed by atoms with Crippen LogP contribution in [0.1, 0.15) is 29.9 Å². The Balaban J connectivity index is 1.38. The van der Waals surface area contributed by atoms with E-state index in [2.05, 4.69) is 19.9 Å². The minimum atomic E-state index is 0.0527. The molecule has 0 bridgehead atoms. The van der Waals surface area contributed by atoms with Crippen molar-refractivity contribution in [3.63, 3.8) is 0 Å². The van der Waals surface area contributed by atoms with Crippen molar-refractivity contribution >= 4 is 11.6 Å². The van der Waals surface area contributed by atoms with Crippen molar-refractivity contribution in [2.75, 3.05) is 6.54 Å². The van der Waals surface area contributed by atoms with Crippen molar-refractivity contribution in [3.8, 4) is 0 Å². The van der Waals surface area contributed by atoms with Gasteiger partial charge in [-0.3, -0.25) is 4.79 Å². The van der Waals surface area contributed by atoms with Gasteiger partial charge in [0, 0.05) is 43.3 Å². The summed E-state index contributed by atoms with van der Waals surface area (Å²) >= 11 is 0. The highest BCUT2D eigenvalue weighted by Crippen LogP contribution is 2.46. The summed E-state index contributed by atoms with van der Waals surface area (Å²) in [5.74, 6) is 1.08. The van der Waals surface area contributed by atoms with E-state index in [4.69, 9.17) is 0 Å². The van der Waals surface area contributed by atoms with Crippen molar-refractivity contribution in [3.05, 3.63) is 54.0 Å². The number of nitrogens with one attached hydrogen (secondary N) is 1. The number of imidazole rings is 2. The maximum absolute atomic E-state index is 12.4. The molecule has 3 heterocycles. The van der Waals surface area contributed by atoms with Crippen LogP contribution in [0.25, 0.3) is 5.65 Å². The highest BCUT2D eigenvalue weighted by molar-refractivity contribution is 5.78. The van der Waals surface area contributed by atoms with E-state index < -0.39 is 0 Å². The number of pyridine rings is 1. The molecule has 3 aromatic heterocycles. The lowest BCUT2D eigenvalue weighted by Gasteiger charge is -2.17. The Morgan fingerprint density at radius 1 is 1.28 bits per heavy atom. The number of nitrogens with zero attached hydrogens (tertiary/aromatic N) is 4. The summed E-state index contributed by atoms with van der Waals surface area (Å²) in [6.07, 6.45) is 10.3. The number of aromatic nitrogens is 4. The molecule has 1 saturated carbocycles. The van der Waals surface area contributed by atoms with Crippen LogP contribution in [0.5, 0.6) is 0 Å². The molecule has 1 N–H and O–H groups in total. The van der Waals surface area contributed by atoms with E-state index in [1.54, 1.807) is 6.20 Å². The summed E-state index contributed by atoms with van der Waals surface area (Å²) in [5, 5.41) is 3.12. The maximum atomic E-state index is 12.4. The fourth-order valence-electron chi connectivity index (χ4n) is 3.35. The van der Waals surface area contributed by atoms with Crippen LogP contribution in [0.15, 0.2) is 36.9 Å². The maximum Gasteiger partial charge on any atom is 0.226 e. The van der Waals surface area contributed by atoms with Crippen LogP contribution in [0.2, 0.25) is 0 Å². The number of amides is 1. The highest BCUT2D eigenvalue weighted by Gasteiger charge is 2.43. The zero-order valence-corrected chi connectivity index (χ0v) is 14.7. The number of rotatable bonds is 6. The molecule has 4 rings (SSSR count). The van der Waals surface area contributed by atoms with Gasteiger partial charge in [0.15, 0.2) is 0 Å². The molecule has 1 aliphatic carbocycles. The Morgan fingerprint density at radius 3 is 2.84 bits per heavy atom. The SMILES string of the molecule is Cc1cccn2c(CC(=O)NCC3(Cn4ccnc4C)CC3)cnc12. The zero-order chi connectivity index (χ0) is 17.4. The van der Waals surface area contributed by atoms with Crippen molar-refractivity contribution in [2.24, 2.45) is 5.41 Å². The third-order valence-electron chi connectivity index (χ3n) is 5.20. The van der Waals surface area contributed by atoms with Gasteiger partial charge in [0.05, 0.1) is 12.1 Å². The number of fused-ring (bicyclic) bond motifs is 1. The molecule has 3 aromatic rings.